The average Bonchev–Trinajstić information content (AvgIpc) is 2.44. The molecule has 0 unspecified atom stereocenters. The van der Waals surface area contributed by atoms with Gasteiger partial charge in [0.05, 0.1) is 11.7 Å². The molecule has 1 fully saturated rings. The van der Waals surface area contributed by atoms with E-state index in [1.807, 2.05) is 33.8 Å². The van der Waals surface area contributed by atoms with E-state index in [4.69, 9.17) is 16.3 Å². The molecule has 2 aliphatic rings. The molecule has 1 amide bonds. The number of hydrogen-bond donors (Lipinski definition) is 1. The summed E-state index contributed by atoms with van der Waals surface area (Å²) >= 11 is 5.98. The molecule has 0 aromatic carbocycles. The lowest BCUT2D eigenvalue weighted by molar-refractivity contribution is 0.0127. The summed E-state index contributed by atoms with van der Waals surface area (Å²) in [5, 5.41) is 11.6. The van der Waals surface area contributed by atoms with E-state index in [2.05, 4.69) is 20.4 Å². The molecule has 3 heterocycles. The summed E-state index contributed by atoms with van der Waals surface area (Å²) in [6.07, 6.45) is -0.263. The van der Waals surface area contributed by atoms with Crippen molar-refractivity contribution in [1.82, 2.24) is 15.1 Å². The third-order valence-corrected chi connectivity index (χ3v) is 4.21. The lowest BCUT2D eigenvalue weighted by atomic mass is 10.0. The number of carbonyl (C=O) groups is 1. The normalized spacial score (nSPS) is 23.7. The van der Waals surface area contributed by atoms with Crippen LogP contribution in [0, 0.1) is 0 Å². The Morgan fingerprint density at radius 2 is 2.13 bits per heavy atom. The van der Waals surface area contributed by atoms with Crippen molar-refractivity contribution in [3.05, 3.63) is 11.2 Å². The van der Waals surface area contributed by atoms with Gasteiger partial charge in [-0.1, -0.05) is 11.6 Å². The van der Waals surface area contributed by atoms with Crippen LogP contribution >= 0.6 is 11.6 Å². The van der Waals surface area contributed by atoms with Crippen molar-refractivity contribution in [2.75, 3.05) is 29.9 Å². The monoisotopic (exact) mass is 339 g/mol. The Morgan fingerprint density at radius 3 is 2.83 bits per heavy atom. The molecule has 1 aromatic heterocycles. The van der Waals surface area contributed by atoms with Gasteiger partial charge in [-0.3, -0.25) is 0 Å². The second-order valence-electron chi connectivity index (χ2n) is 7.07. The second kappa shape index (κ2) is 5.70. The summed E-state index contributed by atoms with van der Waals surface area (Å²) in [7, 11) is 0. The topological polar surface area (TPSA) is 70.6 Å². The van der Waals surface area contributed by atoms with Gasteiger partial charge >= 0.3 is 6.09 Å². The van der Waals surface area contributed by atoms with Crippen LogP contribution in [0.2, 0.25) is 5.15 Å². The molecule has 126 valence electrons. The highest BCUT2D eigenvalue weighted by Crippen LogP contribution is 2.34. The number of amides is 1. The van der Waals surface area contributed by atoms with E-state index < -0.39 is 5.60 Å². The number of fused-ring (bicyclic) bond motifs is 3. The minimum Gasteiger partial charge on any atom is -0.444 e. The van der Waals surface area contributed by atoms with E-state index in [0.717, 1.165) is 11.5 Å². The minimum absolute atomic E-state index is 0.0407. The molecule has 2 atom stereocenters. The van der Waals surface area contributed by atoms with Crippen molar-refractivity contribution >= 4 is 29.2 Å². The first kappa shape index (κ1) is 16.1. The number of aromatic nitrogens is 2. The van der Waals surface area contributed by atoms with Crippen LogP contribution < -0.4 is 10.2 Å². The number of hydrogen-bond acceptors (Lipinski definition) is 6. The highest BCUT2D eigenvalue weighted by atomic mass is 35.5. The maximum atomic E-state index is 12.4. The zero-order valence-electron chi connectivity index (χ0n) is 13.8. The van der Waals surface area contributed by atoms with Gasteiger partial charge < -0.3 is 19.9 Å². The van der Waals surface area contributed by atoms with Crippen molar-refractivity contribution in [2.45, 2.75) is 45.4 Å². The number of anilines is 2. The summed E-state index contributed by atoms with van der Waals surface area (Å²) in [5.41, 5.74) is 0.450. The van der Waals surface area contributed by atoms with Gasteiger partial charge in [0.25, 0.3) is 0 Å². The molecule has 0 bridgehead atoms. The fraction of sp³-hybridized carbons (Fsp3) is 0.667. The number of ether oxygens (including phenoxy) is 1. The quantitative estimate of drug-likeness (QED) is 0.782. The first-order valence-electron chi connectivity index (χ1n) is 7.78. The van der Waals surface area contributed by atoms with Crippen molar-refractivity contribution in [1.29, 1.82) is 0 Å². The van der Waals surface area contributed by atoms with Gasteiger partial charge in [0, 0.05) is 31.7 Å². The van der Waals surface area contributed by atoms with Gasteiger partial charge in [0.1, 0.15) is 5.60 Å². The summed E-state index contributed by atoms with van der Waals surface area (Å²) in [6.45, 7) is 9.68. The van der Waals surface area contributed by atoms with E-state index in [1.54, 1.807) is 4.90 Å². The van der Waals surface area contributed by atoms with Gasteiger partial charge in [0.15, 0.2) is 11.0 Å². The predicted molar refractivity (Wildman–Crippen MR) is 89.1 cm³/mol. The molecule has 0 aliphatic carbocycles. The van der Waals surface area contributed by atoms with Gasteiger partial charge in [-0.25, -0.2) is 4.79 Å². The van der Waals surface area contributed by atoms with E-state index in [0.29, 0.717) is 24.8 Å². The van der Waals surface area contributed by atoms with Crippen LogP contribution in [0.25, 0.3) is 0 Å². The fourth-order valence-corrected chi connectivity index (χ4v) is 3.14. The maximum absolute atomic E-state index is 12.4. The van der Waals surface area contributed by atoms with E-state index in [1.165, 1.54) is 0 Å². The number of piperazine rings is 1. The summed E-state index contributed by atoms with van der Waals surface area (Å²) < 4.78 is 5.52. The third kappa shape index (κ3) is 3.29. The van der Waals surface area contributed by atoms with E-state index in [-0.39, 0.29) is 18.2 Å². The molecule has 1 aromatic rings. The van der Waals surface area contributed by atoms with Gasteiger partial charge in [-0.2, -0.15) is 0 Å². The van der Waals surface area contributed by atoms with Crippen LogP contribution in [0.4, 0.5) is 16.3 Å². The molecule has 23 heavy (non-hydrogen) atoms. The molecular weight excluding hydrogens is 318 g/mol. The molecule has 2 aliphatic heterocycles. The smallest absolute Gasteiger partial charge is 0.410 e. The molecule has 7 nitrogen and oxygen atoms in total. The fourth-order valence-electron chi connectivity index (χ4n) is 3.00. The molecule has 3 rings (SSSR count). The lowest BCUT2D eigenvalue weighted by Crippen LogP contribution is -2.62. The molecule has 8 heteroatoms. The Kier molecular flexibility index (Phi) is 4.00. The number of nitrogens with one attached hydrogen (secondary N) is 1. The largest absolute Gasteiger partial charge is 0.444 e. The lowest BCUT2D eigenvalue weighted by Gasteiger charge is -2.48. The van der Waals surface area contributed by atoms with Crippen molar-refractivity contribution in [2.24, 2.45) is 0 Å². The SMILES string of the molecule is C[C@H]1CN2c3cc(Cl)nnc3NC[C@H]2CN1C(=O)OC(C)(C)C. The molecule has 1 N–H and O–H groups in total. The second-order valence-corrected chi connectivity index (χ2v) is 7.46. The zero-order valence-corrected chi connectivity index (χ0v) is 14.6. The minimum atomic E-state index is -0.492. The Hall–Kier alpha value is -1.76. The van der Waals surface area contributed by atoms with Crippen LogP contribution in [-0.4, -0.2) is 58.5 Å². The Balaban J connectivity index is 1.79. The highest BCUT2D eigenvalue weighted by Gasteiger charge is 2.39. The van der Waals surface area contributed by atoms with Gasteiger partial charge in [0.2, 0.25) is 0 Å². The van der Waals surface area contributed by atoms with Crippen molar-refractivity contribution in [3.63, 3.8) is 0 Å². The average molecular weight is 340 g/mol. The van der Waals surface area contributed by atoms with Crippen LogP contribution in [0.1, 0.15) is 27.7 Å². The standard InChI is InChI=1S/C15H22ClN5O2/c1-9-7-21-10(8-20(9)14(22)23-15(2,3)4)6-17-13-11(21)5-12(16)18-19-13/h5,9-10H,6-8H2,1-4H3,(H,17,19)/t9-,10-/m0/s1. The van der Waals surface area contributed by atoms with Crippen LogP contribution in [-0.2, 0) is 4.74 Å². The van der Waals surface area contributed by atoms with Crippen LogP contribution in [0.3, 0.4) is 0 Å². The van der Waals surface area contributed by atoms with Gasteiger partial charge in [-0.15, -0.1) is 10.2 Å². The Bertz CT molecular complexity index is 618. The third-order valence-electron chi connectivity index (χ3n) is 4.03. The van der Waals surface area contributed by atoms with Gasteiger partial charge in [-0.05, 0) is 27.7 Å². The first-order valence-corrected chi connectivity index (χ1v) is 8.16. The van der Waals surface area contributed by atoms with E-state index >= 15 is 0 Å². The van der Waals surface area contributed by atoms with Crippen LogP contribution in [0.5, 0.6) is 0 Å². The number of carbonyl (C=O) groups excluding carboxylic acids is 1. The summed E-state index contributed by atoms with van der Waals surface area (Å²) in [6, 6.07) is 2.02. The molecule has 0 spiro atoms. The highest BCUT2D eigenvalue weighted by molar-refractivity contribution is 6.29. The first-order chi connectivity index (χ1) is 10.7. The number of halogens is 1. The molecule has 0 saturated carbocycles. The van der Waals surface area contributed by atoms with E-state index in [9.17, 15) is 4.79 Å². The molecule has 1 saturated heterocycles. The van der Waals surface area contributed by atoms with Crippen molar-refractivity contribution < 1.29 is 9.53 Å². The van der Waals surface area contributed by atoms with Crippen molar-refractivity contribution in [3.8, 4) is 0 Å². The van der Waals surface area contributed by atoms with Crippen LogP contribution in [0.15, 0.2) is 6.07 Å². The summed E-state index contributed by atoms with van der Waals surface area (Å²) in [5.74, 6) is 0.739. The predicted octanol–water partition coefficient (Wildman–Crippen LogP) is 2.37. The maximum Gasteiger partial charge on any atom is 0.410 e. The molecule has 0 radical (unpaired) electrons. The Morgan fingerprint density at radius 1 is 1.39 bits per heavy atom. The Labute approximate surface area is 140 Å². The zero-order chi connectivity index (χ0) is 16.8. The summed E-state index contributed by atoms with van der Waals surface area (Å²) in [4.78, 5) is 16.5. The molecular formula is C15H22ClN5O2. The number of nitrogens with zero attached hydrogens (tertiary/aromatic N) is 4. The number of rotatable bonds is 0.